The molecule has 0 atom stereocenters. The summed E-state index contributed by atoms with van der Waals surface area (Å²) in [4.78, 5) is 25.4. The molecule has 0 unspecified atom stereocenters. The number of aromatic nitrogens is 1. The van der Waals surface area contributed by atoms with Gasteiger partial charge >= 0.3 is 5.97 Å². The second-order valence-corrected chi connectivity index (χ2v) is 9.30. The molecule has 1 aliphatic heterocycles. The molecule has 0 bridgehead atoms. The van der Waals surface area contributed by atoms with E-state index in [-0.39, 0.29) is 45.2 Å². The fraction of sp³-hybridized carbons (Fsp3) is 0.429. The molecule has 2 heterocycles. The summed E-state index contributed by atoms with van der Waals surface area (Å²) in [5.74, 6) is -3.02. The molecule has 1 aliphatic rings. The summed E-state index contributed by atoms with van der Waals surface area (Å²) >= 11 is 0. The van der Waals surface area contributed by atoms with Gasteiger partial charge in [-0.1, -0.05) is 6.07 Å². The standard InChI is InChI=1S/C21H25F2N3O5S/c1-4-31-21(28)16-12-14(2)26(15(16)3)13-19(27)24-8-10-25(11-9-24)32(29,30)20-17(22)6-5-7-18(20)23/h5-7,12H,4,8-11,13H2,1-3H3. The molecule has 1 aromatic carbocycles. The van der Waals surface area contributed by atoms with Crippen LogP contribution < -0.4 is 0 Å². The van der Waals surface area contributed by atoms with E-state index in [4.69, 9.17) is 4.74 Å². The third kappa shape index (κ3) is 4.53. The largest absolute Gasteiger partial charge is 0.462 e. The van der Waals surface area contributed by atoms with Gasteiger partial charge in [0, 0.05) is 37.6 Å². The summed E-state index contributed by atoms with van der Waals surface area (Å²) in [7, 11) is -4.37. The van der Waals surface area contributed by atoms with Crippen LogP contribution in [-0.2, 0) is 26.1 Å². The van der Waals surface area contributed by atoms with Gasteiger partial charge in [-0.25, -0.2) is 22.0 Å². The number of hydrogen-bond acceptors (Lipinski definition) is 5. The maximum atomic E-state index is 14.0. The molecule has 2 aromatic rings. The van der Waals surface area contributed by atoms with Crippen molar-refractivity contribution in [3.63, 3.8) is 0 Å². The first-order chi connectivity index (χ1) is 15.1. The Morgan fingerprint density at radius 2 is 1.66 bits per heavy atom. The summed E-state index contributed by atoms with van der Waals surface area (Å²) < 4.78 is 61.1. The number of carbonyl (C=O) groups is 2. The van der Waals surface area contributed by atoms with Crippen LogP contribution in [0.25, 0.3) is 0 Å². The number of ether oxygens (including phenoxy) is 1. The number of amides is 1. The summed E-state index contributed by atoms with van der Waals surface area (Å²) in [6, 6.07) is 4.54. The Labute approximate surface area is 185 Å². The summed E-state index contributed by atoms with van der Waals surface area (Å²) in [5, 5.41) is 0. The molecule has 1 amide bonds. The molecule has 1 aromatic heterocycles. The van der Waals surface area contributed by atoms with Crippen LogP contribution in [0, 0.1) is 25.5 Å². The van der Waals surface area contributed by atoms with Crippen LogP contribution in [0.2, 0.25) is 0 Å². The number of carbonyl (C=O) groups excluding carboxylic acids is 2. The van der Waals surface area contributed by atoms with Crippen molar-refractivity contribution in [2.45, 2.75) is 32.2 Å². The Morgan fingerprint density at radius 1 is 1.06 bits per heavy atom. The van der Waals surface area contributed by atoms with Gasteiger partial charge in [0.05, 0.1) is 12.2 Å². The van der Waals surface area contributed by atoms with Crippen LogP contribution in [0.4, 0.5) is 8.78 Å². The Balaban J connectivity index is 1.69. The third-order valence-corrected chi connectivity index (χ3v) is 7.42. The van der Waals surface area contributed by atoms with E-state index in [1.54, 1.807) is 31.4 Å². The van der Waals surface area contributed by atoms with Gasteiger partial charge in [0.25, 0.3) is 0 Å². The molecule has 174 valence electrons. The van der Waals surface area contributed by atoms with Crippen LogP contribution in [0.15, 0.2) is 29.2 Å². The van der Waals surface area contributed by atoms with Crippen molar-refractivity contribution in [2.24, 2.45) is 0 Å². The van der Waals surface area contributed by atoms with Crippen LogP contribution in [-0.4, -0.2) is 66.9 Å². The van der Waals surface area contributed by atoms with E-state index in [0.717, 1.165) is 28.2 Å². The second-order valence-electron chi connectivity index (χ2n) is 7.43. The maximum absolute atomic E-state index is 14.0. The van der Waals surface area contributed by atoms with Crippen molar-refractivity contribution in [1.82, 2.24) is 13.8 Å². The molecule has 0 N–H and O–H groups in total. The number of piperazine rings is 1. The second kappa shape index (κ2) is 9.37. The van der Waals surface area contributed by atoms with Gasteiger partial charge in [0.15, 0.2) is 4.90 Å². The van der Waals surface area contributed by atoms with E-state index in [2.05, 4.69) is 0 Å². The smallest absolute Gasteiger partial charge is 0.339 e. The van der Waals surface area contributed by atoms with Crippen LogP contribution in [0.1, 0.15) is 28.7 Å². The lowest BCUT2D eigenvalue weighted by Crippen LogP contribution is -2.51. The quantitative estimate of drug-likeness (QED) is 0.605. The summed E-state index contributed by atoms with van der Waals surface area (Å²) in [5.41, 5.74) is 1.71. The molecule has 0 saturated carbocycles. The van der Waals surface area contributed by atoms with Crippen molar-refractivity contribution in [1.29, 1.82) is 0 Å². The average Bonchev–Trinajstić information content (AvgIpc) is 3.02. The van der Waals surface area contributed by atoms with E-state index >= 15 is 0 Å². The lowest BCUT2D eigenvalue weighted by molar-refractivity contribution is -0.133. The number of halogens is 2. The van der Waals surface area contributed by atoms with Crippen molar-refractivity contribution in [2.75, 3.05) is 32.8 Å². The number of nitrogens with zero attached hydrogens (tertiary/aromatic N) is 3. The minimum Gasteiger partial charge on any atom is -0.462 e. The monoisotopic (exact) mass is 469 g/mol. The molecule has 8 nitrogen and oxygen atoms in total. The SMILES string of the molecule is CCOC(=O)c1cc(C)n(CC(=O)N2CCN(S(=O)(=O)c3c(F)cccc3F)CC2)c1C. The van der Waals surface area contributed by atoms with Crippen molar-refractivity contribution >= 4 is 21.9 Å². The number of aryl methyl sites for hydroxylation is 1. The first kappa shape index (κ1) is 23.9. The highest BCUT2D eigenvalue weighted by Crippen LogP contribution is 2.24. The number of rotatable bonds is 6. The van der Waals surface area contributed by atoms with E-state index < -0.39 is 32.5 Å². The van der Waals surface area contributed by atoms with Crippen LogP contribution >= 0.6 is 0 Å². The van der Waals surface area contributed by atoms with Crippen molar-refractivity contribution in [3.05, 3.63) is 52.9 Å². The van der Waals surface area contributed by atoms with Gasteiger partial charge in [-0.2, -0.15) is 4.31 Å². The minimum atomic E-state index is -4.37. The molecule has 3 rings (SSSR count). The van der Waals surface area contributed by atoms with E-state index in [9.17, 15) is 26.8 Å². The van der Waals surface area contributed by atoms with E-state index in [1.165, 1.54) is 4.90 Å². The zero-order valence-corrected chi connectivity index (χ0v) is 18.9. The van der Waals surface area contributed by atoms with Crippen LogP contribution in [0.5, 0.6) is 0 Å². The summed E-state index contributed by atoms with van der Waals surface area (Å²) in [6.45, 7) is 5.42. The number of sulfonamides is 1. The Bertz CT molecular complexity index is 1120. The maximum Gasteiger partial charge on any atom is 0.339 e. The van der Waals surface area contributed by atoms with Crippen molar-refractivity contribution in [3.8, 4) is 0 Å². The highest BCUT2D eigenvalue weighted by molar-refractivity contribution is 7.89. The molecule has 32 heavy (non-hydrogen) atoms. The lowest BCUT2D eigenvalue weighted by Gasteiger charge is -2.34. The first-order valence-electron chi connectivity index (χ1n) is 10.1. The normalized spacial score (nSPS) is 15.1. The molecule has 0 radical (unpaired) electrons. The van der Waals surface area contributed by atoms with E-state index in [0.29, 0.717) is 11.3 Å². The third-order valence-electron chi connectivity index (χ3n) is 5.47. The average molecular weight is 470 g/mol. The molecule has 0 aliphatic carbocycles. The predicted molar refractivity (Wildman–Crippen MR) is 112 cm³/mol. The first-order valence-corrected chi connectivity index (χ1v) is 11.6. The Kier molecular flexibility index (Phi) is 6.99. The number of benzene rings is 1. The highest BCUT2D eigenvalue weighted by Gasteiger charge is 2.34. The van der Waals surface area contributed by atoms with Gasteiger partial charge in [-0.05, 0) is 39.0 Å². The minimum absolute atomic E-state index is 0.0221. The molecule has 11 heteroatoms. The topological polar surface area (TPSA) is 88.9 Å². The molecular formula is C21H25F2N3O5S. The van der Waals surface area contributed by atoms with Gasteiger partial charge in [0.2, 0.25) is 15.9 Å². The van der Waals surface area contributed by atoms with E-state index in [1.807, 2.05) is 0 Å². The fourth-order valence-corrected chi connectivity index (χ4v) is 5.26. The van der Waals surface area contributed by atoms with Gasteiger partial charge < -0.3 is 14.2 Å². The van der Waals surface area contributed by atoms with Crippen molar-refractivity contribution < 1.29 is 31.5 Å². The summed E-state index contributed by atoms with van der Waals surface area (Å²) in [6.07, 6.45) is 0. The molecule has 1 saturated heterocycles. The zero-order valence-electron chi connectivity index (χ0n) is 18.1. The van der Waals surface area contributed by atoms with Gasteiger partial charge in [-0.3, -0.25) is 4.79 Å². The Hall–Kier alpha value is -2.79. The number of esters is 1. The van der Waals surface area contributed by atoms with Crippen LogP contribution in [0.3, 0.4) is 0 Å². The molecule has 0 spiro atoms. The Morgan fingerprint density at radius 3 is 2.22 bits per heavy atom. The highest BCUT2D eigenvalue weighted by atomic mass is 32.2. The van der Waals surface area contributed by atoms with Gasteiger partial charge in [0.1, 0.15) is 18.2 Å². The predicted octanol–water partition coefficient (Wildman–Crippen LogP) is 2.09. The van der Waals surface area contributed by atoms with Gasteiger partial charge in [-0.15, -0.1) is 0 Å². The molecule has 1 fully saturated rings. The lowest BCUT2D eigenvalue weighted by atomic mass is 10.2. The zero-order chi connectivity index (χ0) is 23.6. The number of hydrogen-bond donors (Lipinski definition) is 0. The molecular weight excluding hydrogens is 444 g/mol. The fourth-order valence-electron chi connectivity index (χ4n) is 3.73.